The van der Waals surface area contributed by atoms with Gasteiger partial charge in [-0.15, -0.1) is 0 Å². The van der Waals surface area contributed by atoms with E-state index in [0.717, 1.165) is 81.2 Å². The van der Waals surface area contributed by atoms with Crippen LogP contribution >= 0.6 is 0 Å². The molecule has 11 rings (SSSR count). The van der Waals surface area contributed by atoms with E-state index in [1.807, 2.05) is 0 Å². The highest BCUT2D eigenvalue weighted by Gasteiger charge is 2.40. The summed E-state index contributed by atoms with van der Waals surface area (Å²) in [7, 11) is -3.49. The molecule has 3 aliphatic carbocycles. The molecule has 0 radical (unpaired) electrons. The zero-order valence-electron chi connectivity index (χ0n) is 73.9. The number of hydrogen-bond acceptors (Lipinski definition) is 27. The zero-order valence-corrected chi connectivity index (χ0v) is 74.7. The standard InChI is InChI=1S/C32H38N6O9.C31H36N6O9.C27H37N5O9S/c33-29(41)25-4-1-13-34-31(43)26(16-20-7-9-22(10-8-20)38(45)46)37-32(44)27(18-24-3-2-14-47-24)36-30(42)21(15-19-5-6-19)17-23(39)11-12-28(40)35-25;32-29(41)22-4-1-5-26(38)23(15-19-8-10-20(11-9-19)37(44)45)35-31(43)25(17-21-3-2-14-46-21)36-30(42)24(16-18-6-7-18)34-28(40)13-12-27(39)33-22;1-42(39,40)13-11-18-22(33)6-2-5-19(25(28)36)29-23(34)9-10-24(35)30-20(14-16-7-8-16)26(37)32-21(27(38)31-18)15-17-4-3-12-41-17/h2-3,7-12,14,19,21,25-27H,1,4-6,13,15-18H2,(H2,33,41)(H,34,43)(H,35,40)(H,36,42)(H,37,44);2-3,8-14,18,22-25H,1,4-7,15-17H2,(H2,32,41)(H,33,39)(H,34,40)(H,35,43)(H,36,42);3-4,9-10,12,16,18-21H,2,5-8,11,13-15H2,1H3,(H2,28,36)(H,29,34)(H,30,35)(H,31,38)(H,32,37). The Morgan fingerprint density at radius 2 is 0.704 bits per heavy atom. The van der Waals surface area contributed by atoms with E-state index < -0.39 is 198 Å². The SMILES string of the molecule is CS(=O)(=O)CCC1NC(=O)C(Cc2ccco2)NC(=O)C(CC2CC2)NC(=O)C=CC(=O)NC(C(N)=O)CCCC1=O.NC(=O)C1CCCC(=O)C(Cc2ccc([N+](=O)[O-])cc2)NC(=O)C(Cc2ccco2)NC(=O)C(CC2CC2)NC(=O)C=CC(=O)N1.NC(=O)C1CCCNC(=O)C(Cc2ccc([N+](=O)[O-])cc2)NC(=O)C(Cc2ccco2)NC(=O)C(CC2CC2)CC(=O)C=CC(=O)N1. The summed E-state index contributed by atoms with van der Waals surface area (Å²) >= 11 is 0. The molecule has 15 amide bonds. The number of allylic oxidation sites excluding steroid dienone is 1. The number of nitrogens with zero attached hydrogens (tertiary/aromatic N) is 2. The minimum Gasteiger partial charge on any atom is -0.469 e. The van der Waals surface area contributed by atoms with Crippen molar-refractivity contribution in [2.75, 3.05) is 18.6 Å². The van der Waals surface area contributed by atoms with Gasteiger partial charge in [-0.1, -0.05) is 62.8 Å². The molecule has 6 aliphatic rings. The van der Waals surface area contributed by atoms with E-state index in [1.54, 1.807) is 36.4 Å². The predicted octanol–water partition coefficient (Wildman–Crippen LogP) is 0.0518. The lowest BCUT2D eigenvalue weighted by Gasteiger charge is -2.25. The van der Waals surface area contributed by atoms with Crippen LogP contribution in [0.2, 0.25) is 0 Å². The predicted molar refractivity (Wildman–Crippen MR) is 477 cm³/mol. The Hall–Kier alpha value is -14.7. The molecule has 3 saturated carbocycles. The van der Waals surface area contributed by atoms with Crippen molar-refractivity contribution in [1.82, 2.24) is 63.8 Å². The largest absolute Gasteiger partial charge is 0.469 e. The van der Waals surface area contributed by atoms with Crippen molar-refractivity contribution in [2.24, 2.45) is 40.9 Å². The maximum Gasteiger partial charge on any atom is 0.269 e. The number of amides is 15. The smallest absolute Gasteiger partial charge is 0.269 e. The molecule has 3 aliphatic heterocycles. The van der Waals surface area contributed by atoms with E-state index in [9.17, 15) is 115 Å². The Bertz CT molecular complexity index is 5320. The van der Waals surface area contributed by atoms with Gasteiger partial charge in [0.1, 0.15) is 81.5 Å². The third-order valence-corrected chi connectivity index (χ3v) is 23.7. The first-order valence-electron chi connectivity index (χ1n) is 44.1. The second-order valence-corrected chi connectivity index (χ2v) is 36.2. The van der Waals surface area contributed by atoms with Gasteiger partial charge in [-0.3, -0.25) is 107 Å². The molecule has 18 N–H and O–H groups in total. The Morgan fingerprint density at radius 3 is 1.07 bits per heavy atom. The van der Waals surface area contributed by atoms with Crippen molar-refractivity contribution in [3.63, 3.8) is 0 Å². The summed E-state index contributed by atoms with van der Waals surface area (Å²) in [5.41, 5.74) is 17.0. The highest BCUT2D eigenvalue weighted by molar-refractivity contribution is 7.90. The fourth-order valence-corrected chi connectivity index (χ4v) is 15.5. The molecule has 0 saturated heterocycles. The maximum atomic E-state index is 13.8. The number of carbonyl (C=O) groups excluding carboxylic acids is 18. The minimum absolute atomic E-state index is 0.00564. The van der Waals surface area contributed by atoms with Crippen LogP contribution in [0.1, 0.15) is 150 Å². The number of Topliss-reactive ketones (excluding diaryl/α,β-unsaturated/α-hetero) is 2. The third-order valence-electron chi connectivity index (χ3n) is 22.8. The number of nitrogens with one attached hydrogen (secondary N) is 12. The van der Waals surface area contributed by atoms with Crippen LogP contribution in [0.15, 0.2) is 153 Å². The molecule has 0 spiro atoms. The number of benzene rings is 2. The molecule has 3 aromatic heterocycles. The fourth-order valence-electron chi connectivity index (χ4n) is 14.8. The molecular formula is C90H111N17O27S. The molecule has 5 aromatic rings. The van der Waals surface area contributed by atoms with Crippen LogP contribution in [-0.4, -0.2) is 209 Å². The average molecular weight is 1900 g/mol. The second kappa shape index (κ2) is 50.8. The first-order valence-corrected chi connectivity index (χ1v) is 46.2. The molecule has 12 atom stereocenters. The van der Waals surface area contributed by atoms with Crippen LogP contribution < -0.4 is 81.0 Å². The van der Waals surface area contributed by atoms with Gasteiger partial charge in [0.2, 0.25) is 88.6 Å². The summed E-state index contributed by atoms with van der Waals surface area (Å²) in [4.78, 5) is 254. The number of primary amides is 3. The van der Waals surface area contributed by atoms with E-state index in [0.29, 0.717) is 47.7 Å². The number of furan rings is 3. The molecule has 135 heavy (non-hydrogen) atoms. The van der Waals surface area contributed by atoms with Crippen LogP contribution in [-0.2, 0) is 128 Å². The number of nitro benzene ring substituents is 2. The molecular weight excluding hydrogens is 1780 g/mol. The van der Waals surface area contributed by atoms with E-state index in [2.05, 4.69) is 63.8 Å². The molecule has 2 aromatic carbocycles. The van der Waals surface area contributed by atoms with Crippen molar-refractivity contribution in [1.29, 1.82) is 0 Å². The van der Waals surface area contributed by atoms with Crippen LogP contribution in [0.25, 0.3) is 0 Å². The van der Waals surface area contributed by atoms with Gasteiger partial charge in [0.15, 0.2) is 17.3 Å². The summed E-state index contributed by atoms with van der Waals surface area (Å²) in [5.74, 6) is -11.6. The van der Waals surface area contributed by atoms with Gasteiger partial charge in [-0.25, -0.2) is 8.42 Å². The summed E-state index contributed by atoms with van der Waals surface area (Å²) in [5, 5.41) is 53.4. The minimum atomic E-state index is -3.49. The van der Waals surface area contributed by atoms with Crippen LogP contribution in [0.3, 0.4) is 0 Å². The molecule has 0 bridgehead atoms. The molecule has 3 fully saturated rings. The Labute approximate surface area is 773 Å². The van der Waals surface area contributed by atoms with Crippen LogP contribution in [0.4, 0.5) is 11.4 Å². The van der Waals surface area contributed by atoms with Gasteiger partial charge in [0.25, 0.3) is 11.4 Å². The van der Waals surface area contributed by atoms with Crippen molar-refractivity contribution >= 4 is 127 Å². The van der Waals surface area contributed by atoms with Gasteiger partial charge in [0.05, 0.1) is 46.5 Å². The molecule has 44 nitrogen and oxygen atoms in total. The van der Waals surface area contributed by atoms with Gasteiger partial charge in [-0.2, -0.15) is 0 Å². The van der Waals surface area contributed by atoms with Gasteiger partial charge >= 0.3 is 0 Å². The summed E-state index contributed by atoms with van der Waals surface area (Å²) in [6, 6.07) is 8.21. The number of nitro groups is 2. The van der Waals surface area contributed by atoms with Gasteiger partial charge < -0.3 is 94.3 Å². The van der Waals surface area contributed by atoms with E-state index in [-0.39, 0.29) is 138 Å². The number of rotatable bonds is 24. The normalized spacial score (nSPS) is 24.2. The maximum absolute atomic E-state index is 13.8. The highest BCUT2D eigenvalue weighted by Crippen LogP contribution is 2.37. The Kier molecular flexibility index (Phi) is 39.1. The molecule has 12 unspecified atom stereocenters. The monoisotopic (exact) mass is 1890 g/mol. The number of non-ortho nitro benzene ring substituents is 2. The van der Waals surface area contributed by atoms with Gasteiger partial charge in [-0.05, 0) is 142 Å². The van der Waals surface area contributed by atoms with E-state index >= 15 is 0 Å². The molecule has 724 valence electrons. The molecule has 6 heterocycles. The topological polar surface area (TPSA) is 690 Å². The molecule has 45 heteroatoms. The summed E-state index contributed by atoms with van der Waals surface area (Å²) in [6.07, 6.45) is 16.7. The average Bonchev–Trinajstić information content (AvgIpc) is 1.82. The quantitative estimate of drug-likeness (QED) is 0.0287. The van der Waals surface area contributed by atoms with Crippen LogP contribution in [0, 0.1) is 43.9 Å². The number of carbonyl (C=O) groups is 18. The van der Waals surface area contributed by atoms with Crippen LogP contribution in [0.5, 0.6) is 0 Å². The number of ketones is 3. The lowest BCUT2D eigenvalue weighted by atomic mass is 9.94. The Morgan fingerprint density at radius 1 is 0.378 bits per heavy atom. The first-order chi connectivity index (χ1) is 64.3. The van der Waals surface area contributed by atoms with Crippen molar-refractivity contribution in [3.05, 3.63) is 189 Å². The number of nitrogens with two attached hydrogens (primary N) is 3. The zero-order chi connectivity index (χ0) is 98.0. The number of sulfone groups is 1. The lowest BCUT2D eigenvalue weighted by molar-refractivity contribution is -0.385. The van der Waals surface area contributed by atoms with E-state index in [1.165, 1.54) is 67.3 Å². The fraction of sp³-hybridized carbons (Fsp3) is 0.467. The number of hydrogen-bond donors (Lipinski definition) is 15. The lowest BCUT2D eigenvalue weighted by Crippen LogP contribution is -2.56. The van der Waals surface area contributed by atoms with Crippen molar-refractivity contribution < 1.29 is 118 Å². The highest BCUT2D eigenvalue weighted by atomic mass is 32.2. The summed E-state index contributed by atoms with van der Waals surface area (Å²) in [6.45, 7) is 0.0504. The van der Waals surface area contributed by atoms with Crippen molar-refractivity contribution in [2.45, 2.75) is 221 Å². The Balaban J connectivity index is 0.000000228. The first kappa shape index (κ1) is 104. The summed E-state index contributed by atoms with van der Waals surface area (Å²) < 4.78 is 39.9. The van der Waals surface area contributed by atoms with Crippen molar-refractivity contribution in [3.8, 4) is 0 Å². The van der Waals surface area contributed by atoms with E-state index in [4.69, 9.17) is 30.5 Å². The second-order valence-electron chi connectivity index (χ2n) is 34.0. The van der Waals surface area contributed by atoms with Gasteiger partial charge in [0, 0.05) is 118 Å². The third kappa shape index (κ3) is 36.8.